The van der Waals surface area contributed by atoms with Crippen molar-refractivity contribution in [3.63, 3.8) is 0 Å². The Morgan fingerprint density at radius 3 is 2.50 bits per heavy atom. The van der Waals surface area contributed by atoms with E-state index in [1.54, 1.807) is 26.2 Å². The van der Waals surface area contributed by atoms with Gasteiger partial charge in [0.25, 0.3) is 0 Å². The fourth-order valence-electron chi connectivity index (χ4n) is 1.62. The third-order valence-corrected chi connectivity index (χ3v) is 2.56. The summed E-state index contributed by atoms with van der Waals surface area (Å²) in [7, 11) is 1.57. The van der Waals surface area contributed by atoms with E-state index in [0.29, 0.717) is 24.3 Å². The molecule has 0 aliphatic carbocycles. The summed E-state index contributed by atoms with van der Waals surface area (Å²) in [5.41, 5.74) is 0.677. The molecule has 0 bridgehead atoms. The molecular formula is C14H19NO3. The zero-order valence-electron chi connectivity index (χ0n) is 10.9. The molecule has 1 aromatic rings. The van der Waals surface area contributed by atoms with Gasteiger partial charge in [-0.15, -0.1) is 0 Å². The maximum absolute atomic E-state index is 11.7. The van der Waals surface area contributed by atoms with Gasteiger partial charge in [-0.25, -0.2) is 0 Å². The van der Waals surface area contributed by atoms with Crippen molar-refractivity contribution in [3.05, 3.63) is 24.3 Å². The zero-order valence-corrected chi connectivity index (χ0v) is 10.9. The summed E-state index contributed by atoms with van der Waals surface area (Å²) < 4.78 is 5.14. The highest BCUT2D eigenvalue weighted by molar-refractivity contribution is 5.92. The van der Waals surface area contributed by atoms with E-state index in [-0.39, 0.29) is 11.7 Å². The first-order valence-corrected chi connectivity index (χ1v) is 6.06. The summed E-state index contributed by atoms with van der Waals surface area (Å²) in [4.78, 5) is 22.4. The van der Waals surface area contributed by atoms with E-state index < -0.39 is 0 Å². The van der Waals surface area contributed by atoms with Crippen molar-refractivity contribution >= 4 is 17.4 Å². The lowest BCUT2D eigenvalue weighted by atomic mass is 10.1. The van der Waals surface area contributed by atoms with Gasteiger partial charge in [0.2, 0.25) is 5.91 Å². The van der Waals surface area contributed by atoms with Crippen LogP contribution in [0.5, 0.6) is 5.75 Å². The van der Waals surface area contributed by atoms with Gasteiger partial charge in [0.05, 0.1) is 12.8 Å². The molecule has 0 saturated carbocycles. The molecule has 4 heteroatoms. The lowest BCUT2D eigenvalue weighted by Crippen LogP contribution is -2.12. The number of rotatable bonds is 7. The topological polar surface area (TPSA) is 55.4 Å². The van der Waals surface area contributed by atoms with E-state index in [2.05, 4.69) is 5.32 Å². The minimum absolute atomic E-state index is 0.0527. The molecule has 18 heavy (non-hydrogen) atoms. The van der Waals surface area contributed by atoms with Gasteiger partial charge in [-0.3, -0.25) is 4.79 Å². The second-order valence-electron chi connectivity index (χ2n) is 4.16. The standard InChI is InChI=1S/C14H19NO3/c1-11(16)7-3-6-10-14(17)15-12-8-4-5-9-13(12)18-2/h4-5,8-9H,3,6-7,10H2,1-2H3,(H,15,17). The Hall–Kier alpha value is -1.84. The number of benzene rings is 1. The Kier molecular flexibility index (Phi) is 5.91. The molecule has 4 nitrogen and oxygen atoms in total. The molecule has 1 rings (SSSR count). The van der Waals surface area contributed by atoms with Crippen LogP contribution in [0.2, 0.25) is 0 Å². The molecule has 0 atom stereocenters. The number of methoxy groups -OCH3 is 1. The largest absolute Gasteiger partial charge is 0.495 e. The summed E-state index contributed by atoms with van der Waals surface area (Å²) in [5.74, 6) is 0.762. The second kappa shape index (κ2) is 7.48. The van der Waals surface area contributed by atoms with Crippen LogP contribution in [0.25, 0.3) is 0 Å². The van der Waals surface area contributed by atoms with Crippen LogP contribution >= 0.6 is 0 Å². The average molecular weight is 249 g/mol. The number of ketones is 1. The summed E-state index contributed by atoms with van der Waals surface area (Å²) in [6, 6.07) is 7.28. The Bertz CT molecular complexity index is 415. The Labute approximate surface area is 107 Å². The maximum Gasteiger partial charge on any atom is 0.224 e. The molecule has 1 aromatic carbocycles. The lowest BCUT2D eigenvalue weighted by Gasteiger charge is -2.09. The minimum atomic E-state index is -0.0527. The second-order valence-corrected chi connectivity index (χ2v) is 4.16. The quantitative estimate of drug-likeness (QED) is 0.756. The molecule has 0 heterocycles. The van der Waals surface area contributed by atoms with Crippen molar-refractivity contribution in [1.29, 1.82) is 0 Å². The van der Waals surface area contributed by atoms with Crippen LogP contribution in [0.3, 0.4) is 0 Å². The fraction of sp³-hybridized carbons (Fsp3) is 0.429. The molecule has 0 aromatic heterocycles. The first kappa shape index (κ1) is 14.2. The van der Waals surface area contributed by atoms with Crippen LogP contribution in [0.4, 0.5) is 5.69 Å². The number of ether oxygens (including phenoxy) is 1. The molecule has 0 saturated heterocycles. The lowest BCUT2D eigenvalue weighted by molar-refractivity contribution is -0.118. The Morgan fingerprint density at radius 2 is 1.83 bits per heavy atom. The summed E-state index contributed by atoms with van der Waals surface area (Å²) >= 11 is 0. The first-order chi connectivity index (χ1) is 8.63. The number of carbonyl (C=O) groups excluding carboxylic acids is 2. The van der Waals surface area contributed by atoms with E-state index in [1.165, 1.54) is 0 Å². The van der Waals surface area contributed by atoms with Crippen LogP contribution in [-0.2, 0) is 9.59 Å². The van der Waals surface area contributed by atoms with Crippen LogP contribution in [0, 0.1) is 0 Å². The first-order valence-electron chi connectivity index (χ1n) is 6.06. The van der Waals surface area contributed by atoms with Gasteiger partial charge in [-0.1, -0.05) is 12.1 Å². The Balaban J connectivity index is 2.37. The smallest absolute Gasteiger partial charge is 0.224 e. The third-order valence-electron chi connectivity index (χ3n) is 2.56. The number of carbonyl (C=O) groups is 2. The highest BCUT2D eigenvalue weighted by Crippen LogP contribution is 2.23. The zero-order chi connectivity index (χ0) is 13.4. The molecule has 1 N–H and O–H groups in total. The minimum Gasteiger partial charge on any atom is -0.495 e. The third kappa shape index (κ3) is 4.99. The van der Waals surface area contributed by atoms with E-state index in [9.17, 15) is 9.59 Å². The molecule has 0 unspecified atom stereocenters. The monoisotopic (exact) mass is 249 g/mol. The van der Waals surface area contributed by atoms with Crippen molar-refractivity contribution in [1.82, 2.24) is 0 Å². The van der Waals surface area contributed by atoms with Gasteiger partial charge >= 0.3 is 0 Å². The van der Waals surface area contributed by atoms with Crippen LogP contribution < -0.4 is 10.1 Å². The number of amides is 1. The highest BCUT2D eigenvalue weighted by Gasteiger charge is 2.06. The predicted octanol–water partition coefficient (Wildman–Crippen LogP) is 2.78. The average Bonchev–Trinajstić information content (AvgIpc) is 2.35. The fourth-order valence-corrected chi connectivity index (χ4v) is 1.62. The van der Waals surface area contributed by atoms with Crippen LogP contribution in [0.15, 0.2) is 24.3 Å². The SMILES string of the molecule is COc1ccccc1NC(=O)CCCCC(C)=O. The highest BCUT2D eigenvalue weighted by atomic mass is 16.5. The normalized spacial score (nSPS) is 9.89. The van der Waals surface area contributed by atoms with Gasteiger partial charge in [0, 0.05) is 12.8 Å². The van der Waals surface area contributed by atoms with Crippen molar-refractivity contribution < 1.29 is 14.3 Å². The number of hydrogen-bond donors (Lipinski definition) is 1. The number of unbranched alkanes of at least 4 members (excludes halogenated alkanes) is 1. The van der Waals surface area contributed by atoms with Gasteiger partial charge in [-0.05, 0) is 31.9 Å². The van der Waals surface area contributed by atoms with Crippen LogP contribution in [0.1, 0.15) is 32.6 Å². The van der Waals surface area contributed by atoms with E-state index in [1.807, 2.05) is 12.1 Å². The molecular weight excluding hydrogens is 230 g/mol. The molecule has 0 aliphatic heterocycles. The van der Waals surface area contributed by atoms with Gasteiger partial charge in [0.1, 0.15) is 11.5 Å². The van der Waals surface area contributed by atoms with Gasteiger partial charge in [-0.2, -0.15) is 0 Å². The molecule has 0 radical (unpaired) electrons. The maximum atomic E-state index is 11.7. The molecule has 0 fully saturated rings. The number of anilines is 1. The van der Waals surface area contributed by atoms with Crippen LogP contribution in [-0.4, -0.2) is 18.8 Å². The van der Waals surface area contributed by atoms with Crippen molar-refractivity contribution in [2.24, 2.45) is 0 Å². The summed E-state index contributed by atoms with van der Waals surface area (Å²) in [6.07, 6.45) is 2.45. The number of hydrogen-bond acceptors (Lipinski definition) is 3. The molecule has 98 valence electrons. The molecule has 0 spiro atoms. The summed E-state index contributed by atoms with van der Waals surface area (Å²) in [6.45, 7) is 1.56. The van der Waals surface area contributed by atoms with E-state index in [0.717, 1.165) is 12.8 Å². The van der Waals surface area contributed by atoms with Gasteiger partial charge in [0.15, 0.2) is 0 Å². The van der Waals surface area contributed by atoms with Crippen molar-refractivity contribution in [2.75, 3.05) is 12.4 Å². The van der Waals surface area contributed by atoms with Crippen molar-refractivity contribution in [3.8, 4) is 5.75 Å². The van der Waals surface area contributed by atoms with Gasteiger partial charge < -0.3 is 14.8 Å². The van der Waals surface area contributed by atoms with E-state index >= 15 is 0 Å². The predicted molar refractivity (Wildman–Crippen MR) is 70.8 cm³/mol. The Morgan fingerprint density at radius 1 is 1.17 bits per heavy atom. The summed E-state index contributed by atoms with van der Waals surface area (Å²) in [5, 5.41) is 2.80. The molecule has 1 amide bonds. The van der Waals surface area contributed by atoms with Crippen molar-refractivity contribution in [2.45, 2.75) is 32.6 Å². The number of para-hydroxylation sites is 2. The number of nitrogens with one attached hydrogen (secondary N) is 1. The molecule has 0 aliphatic rings. The van der Waals surface area contributed by atoms with E-state index in [4.69, 9.17) is 4.74 Å². The number of Topliss-reactive ketones (excluding diaryl/α,β-unsaturated/α-hetero) is 1.